The third-order valence-corrected chi connectivity index (χ3v) is 3.63. The standard InChI is InChI=1S/C20H18N2O3/c1-3-14-6-10-18(11-7-14)22-19(23)17(13-21)12-15-4-8-16(9-5-15)20(24)25-2/h4-12H,3H2,1-2H3,(H,22,23)/b17-12+. The van der Waals surface area contributed by atoms with Gasteiger partial charge in [0, 0.05) is 5.69 Å². The van der Waals surface area contributed by atoms with Crippen LogP contribution in [-0.4, -0.2) is 19.0 Å². The van der Waals surface area contributed by atoms with Crippen molar-refractivity contribution >= 4 is 23.6 Å². The summed E-state index contributed by atoms with van der Waals surface area (Å²) >= 11 is 0. The van der Waals surface area contributed by atoms with E-state index in [1.54, 1.807) is 36.4 Å². The highest BCUT2D eigenvalue weighted by molar-refractivity contribution is 6.09. The molecule has 0 heterocycles. The molecule has 0 aromatic heterocycles. The van der Waals surface area contributed by atoms with E-state index in [1.165, 1.54) is 18.7 Å². The molecule has 126 valence electrons. The lowest BCUT2D eigenvalue weighted by Crippen LogP contribution is -2.13. The maximum Gasteiger partial charge on any atom is 0.337 e. The summed E-state index contributed by atoms with van der Waals surface area (Å²) in [6.45, 7) is 2.05. The van der Waals surface area contributed by atoms with Crippen molar-refractivity contribution in [3.8, 4) is 6.07 Å². The molecule has 1 N–H and O–H groups in total. The van der Waals surface area contributed by atoms with Gasteiger partial charge in [-0.2, -0.15) is 5.26 Å². The second-order valence-corrected chi connectivity index (χ2v) is 5.29. The molecule has 0 bridgehead atoms. The fraction of sp³-hybridized carbons (Fsp3) is 0.150. The van der Waals surface area contributed by atoms with Crippen LogP contribution in [0.4, 0.5) is 5.69 Å². The molecule has 2 aromatic carbocycles. The first-order valence-corrected chi connectivity index (χ1v) is 7.77. The molecule has 0 saturated carbocycles. The van der Waals surface area contributed by atoms with Gasteiger partial charge in [0.05, 0.1) is 12.7 Å². The third-order valence-electron chi connectivity index (χ3n) is 3.63. The number of amides is 1. The summed E-state index contributed by atoms with van der Waals surface area (Å²) in [4.78, 5) is 23.7. The number of rotatable bonds is 5. The number of hydrogen-bond donors (Lipinski definition) is 1. The van der Waals surface area contributed by atoms with Crippen LogP contribution in [-0.2, 0) is 16.0 Å². The molecule has 0 atom stereocenters. The SMILES string of the molecule is CCc1ccc(NC(=O)/C(C#N)=C/c2ccc(C(=O)OC)cc2)cc1. The van der Waals surface area contributed by atoms with Crippen molar-refractivity contribution in [1.29, 1.82) is 5.26 Å². The summed E-state index contributed by atoms with van der Waals surface area (Å²) in [7, 11) is 1.31. The Morgan fingerprint density at radius 3 is 2.28 bits per heavy atom. The molecule has 0 unspecified atom stereocenters. The molecule has 0 aliphatic rings. The molecular weight excluding hydrogens is 316 g/mol. The van der Waals surface area contributed by atoms with Gasteiger partial charge < -0.3 is 10.1 Å². The van der Waals surface area contributed by atoms with Crippen LogP contribution < -0.4 is 5.32 Å². The van der Waals surface area contributed by atoms with Gasteiger partial charge in [0.1, 0.15) is 11.6 Å². The normalized spacial score (nSPS) is 10.7. The first-order valence-electron chi connectivity index (χ1n) is 7.77. The van der Waals surface area contributed by atoms with E-state index in [2.05, 4.69) is 17.0 Å². The number of methoxy groups -OCH3 is 1. The summed E-state index contributed by atoms with van der Waals surface area (Å²) in [5.41, 5.74) is 2.81. The van der Waals surface area contributed by atoms with E-state index >= 15 is 0 Å². The van der Waals surface area contributed by atoms with Crippen molar-refractivity contribution in [2.24, 2.45) is 0 Å². The first-order chi connectivity index (χ1) is 12.1. The van der Waals surface area contributed by atoms with Crippen LogP contribution in [0.25, 0.3) is 6.08 Å². The molecule has 0 spiro atoms. The van der Waals surface area contributed by atoms with Crippen LogP contribution in [0.5, 0.6) is 0 Å². The molecule has 2 aromatic rings. The lowest BCUT2D eigenvalue weighted by atomic mass is 10.1. The summed E-state index contributed by atoms with van der Waals surface area (Å²) in [5, 5.41) is 11.9. The second kappa shape index (κ2) is 8.46. The van der Waals surface area contributed by atoms with Crippen molar-refractivity contribution in [2.45, 2.75) is 13.3 Å². The largest absolute Gasteiger partial charge is 0.465 e. The van der Waals surface area contributed by atoms with E-state index in [0.29, 0.717) is 16.8 Å². The molecule has 25 heavy (non-hydrogen) atoms. The maximum absolute atomic E-state index is 12.2. The predicted molar refractivity (Wildman–Crippen MR) is 95.8 cm³/mol. The van der Waals surface area contributed by atoms with Crippen molar-refractivity contribution < 1.29 is 14.3 Å². The molecule has 5 heteroatoms. The number of carbonyl (C=O) groups is 2. The molecule has 0 fully saturated rings. The molecule has 1 amide bonds. The van der Waals surface area contributed by atoms with Gasteiger partial charge in [0.25, 0.3) is 5.91 Å². The number of benzene rings is 2. The number of aryl methyl sites for hydroxylation is 1. The molecule has 0 radical (unpaired) electrons. The van der Waals surface area contributed by atoms with Gasteiger partial charge >= 0.3 is 5.97 Å². The minimum Gasteiger partial charge on any atom is -0.465 e. The summed E-state index contributed by atoms with van der Waals surface area (Å²) in [6, 6.07) is 15.8. The molecule has 5 nitrogen and oxygen atoms in total. The Morgan fingerprint density at radius 1 is 1.12 bits per heavy atom. The van der Waals surface area contributed by atoms with Crippen LogP contribution in [0.3, 0.4) is 0 Å². The molecule has 0 aliphatic heterocycles. The van der Waals surface area contributed by atoms with Gasteiger partial charge in [0.15, 0.2) is 0 Å². The zero-order valence-corrected chi connectivity index (χ0v) is 14.1. The lowest BCUT2D eigenvalue weighted by molar-refractivity contribution is -0.112. The van der Waals surface area contributed by atoms with Crippen molar-refractivity contribution in [3.63, 3.8) is 0 Å². The Balaban J connectivity index is 2.14. The van der Waals surface area contributed by atoms with Gasteiger partial charge in [-0.05, 0) is 47.9 Å². The fourth-order valence-corrected chi connectivity index (χ4v) is 2.17. The van der Waals surface area contributed by atoms with Gasteiger partial charge in [-0.25, -0.2) is 4.79 Å². The number of hydrogen-bond acceptors (Lipinski definition) is 4. The number of ether oxygens (including phenoxy) is 1. The van der Waals surface area contributed by atoms with Gasteiger partial charge in [0.2, 0.25) is 0 Å². The Labute approximate surface area is 146 Å². The average Bonchev–Trinajstić information content (AvgIpc) is 2.66. The number of nitriles is 1. The highest BCUT2D eigenvalue weighted by atomic mass is 16.5. The van der Waals surface area contributed by atoms with Crippen LogP contribution >= 0.6 is 0 Å². The molecule has 0 saturated heterocycles. The van der Waals surface area contributed by atoms with Crippen LogP contribution in [0.2, 0.25) is 0 Å². The number of anilines is 1. The van der Waals surface area contributed by atoms with Crippen molar-refractivity contribution in [1.82, 2.24) is 0 Å². The average molecular weight is 334 g/mol. The first kappa shape index (κ1) is 18.0. The lowest BCUT2D eigenvalue weighted by Gasteiger charge is -2.05. The van der Waals surface area contributed by atoms with Gasteiger partial charge in [-0.1, -0.05) is 31.2 Å². The van der Waals surface area contributed by atoms with Crippen molar-refractivity contribution in [2.75, 3.05) is 12.4 Å². The highest BCUT2D eigenvalue weighted by Crippen LogP contribution is 2.14. The summed E-state index contributed by atoms with van der Waals surface area (Å²) in [5.74, 6) is -0.923. The van der Waals surface area contributed by atoms with E-state index in [9.17, 15) is 14.9 Å². The minimum absolute atomic E-state index is 0.0228. The van der Waals surface area contributed by atoms with E-state index in [1.807, 2.05) is 18.2 Å². The van der Waals surface area contributed by atoms with Gasteiger partial charge in [-0.15, -0.1) is 0 Å². The molecular formula is C20H18N2O3. The maximum atomic E-state index is 12.2. The van der Waals surface area contributed by atoms with Crippen LogP contribution in [0.15, 0.2) is 54.1 Å². The summed E-state index contributed by atoms with van der Waals surface area (Å²) < 4.78 is 4.63. The second-order valence-electron chi connectivity index (χ2n) is 5.29. The number of nitrogens with one attached hydrogen (secondary N) is 1. The van der Waals surface area contributed by atoms with Crippen molar-refractivity contribution in [3.05, 3.63) is 70.8 Å². The van der Waals surface area contributed by atoms with E-state index < -0.39 is 11.9 Å². The van der Waals surface area contributed by atoms with Crippen LogP contribution in [0.1, 0.15) is 28.4 Å². The van der Waals surface area contributed by atoms with Gasteiger partial charge in [-0.3, -0.25) is 4.79 Å². The fourth-order valence-electron chi connectivity index (χ4n) is 2.17. The smallest absolute Gasteiger partial charge is 0.337 e. The van der Waals surface area contributed by atoms with E-state index in [-0.39, 0.29) is 5.57 Å². The zero-order valence-electron chi connectivity index (χ0n) is 14.1. The summed E-state index contributed by atoms with van der Waals surface area (Å²) in [6.07, 6.45) is 2.38. The zero-order chi connectivity index (χ0) is 18.2. The quantitative estimate of drug-likeness (QED) is 0.515. The van der Waals surface area contributed by atoms with E-state index in [4.69, 9.17) is 0 Å². The Bertz CT molecular complexity index is 829. The molecule has 2 rings (SSSR count). The predicted octanol–water partition coefficient (Wildman–Crippen LogP) is 3.58. The third kappa shape index (κ3) is 4.79. The monoisotopic (exact) mass is 334 g/mol. The minimum atomic E-state index is -0.483. The number of nitrogens with zero attached hydrogens (tertiary/aromatic N) is 1. The Hall–Kier alpha value is -3.39. The Kier molecular flexibility index (Phi) is 6.08. The van der Waals surface area contributed by atoms with E-state index in [0.717, 1.165) is 6.42 Å². The number of esters is 1. The number of carbonyl (C=O) groups excluding carboxylic acids is 2. The topological polar surface area (TPSA) is 79.2 Å². The van der Waals surface area contributed by atoms with Crippen LogP contribution in [0, 0.1) is 11.3 Å². The molecule has 0 aliphatic carbocycles. The highest BCUT2D eigenvalue weighted by Gasteiger charge is 2.10. The Morgan fingerprint density at radius 2 is 1.76 bits per heavy atom.